The van der Waals surface area contributed by atoms with Gasteiger partial charge in [0.15, 0.2) is 11.0 Å². The number of amides is 1. The van der Waals surface area contributed by atoms with Gasteiger partial charge in [-0.1, -0.05) is 23.4 Å². The molecule has 6 nitrogen and oxygen atoms in total. The predicted molar refractivity (Wildman–Crippen MR) is 114 cm³/mol. The highest BCUT2D eigenvalue weighted by atomic mass is 35.5. The summed E-state index contributed by atoms with van der Waals surface area (Å²) in [6.07, 6.45) is 0. The summed E-state index contributed by atoms with van der Waals surface area (Å²) >= 11 is 8.68. The van der Waals surface area contributed by atoms with Crippen LogP contribution in [0.5, 0.6) is 0 Å². The van der Waals surface area contributed by atoms with Gasteiger partial charge in [-0.2, -0.15) is 5.26 Å². The lowest BCUT2D eigenvalue weighted by Gasteiger charge is -2.07. The minimum absolute atomic E-state index is 0.179. The minimum atomic E-state index is -0.179. The Morgan fingerprint density at radius 1 is 1.32 bits per heavy atom. The van der Waals surface area contributed by atoms with Crippen molar-refractivity contribution < 1.29 is 4.79 Å². The average molecular weight is 432 g/mol. The van der Waals surface area contributed by atoms with E-state index in [1.165, 1.54) is 23.1 Å². The van der Waals surface area contributed by atoms with Crippen LogP contribution in [-0.4, -0.2) is 26.4 Å². The van der Waals surface area contributed by atoms with Crippen molar-refractivity contribution in [3.63, 3.8) is 0 Å². The lowest BCUT2D eigenvalue weighted by molar-refractivity contribution is -0.113. The lowest BCUT2D eigenvalue weighted by Crippen LogP contribution is -2.14. The summed E-state index contributed by atoms with van der Waals surface area (Å²) in [7, 11) is 0. The van der Waals surface area contributed by atoms with E-state index in [0.29, 0.717) is 27.3 Å². The summed E-state index contributed by atoms with van der Waals surface area (Å²) in [6, 6.07) is 9.57. The van der Waals surface area contributed by atoms with Crippen LogP contribution in [0.3, 0.4) is 0 Å². The van der Waals surface area contributed by atoms with Gasteiger partial charge in [0.2, 0.25) is 5.91 Å². The predicted octanol–water partition coefficient (Wildman–Crippen LogP) is 4.90. The van der Waals surface area contributed by atoms with Gasteiger partial charge in [0.1, 0.15) is 11.1 Å². The molecule has 0 aliphatic rings. The second kappa shape index (κ2) is 8.78. The van der Waals surface area contributed by atoms with Crippen molar-refractivity contribution in [2.24, 2.45) is 0 Å². The Balaban J connectivity index is 1.71. The highest BCUT2D eigenvalue weighted by Crippen LogP contribution is 2.32. The quantitative estimate of drug-likeness (QED) is 0.561. The highest BCUT2D eigenvalue weighted by molar-refractivity contribution is 7.99. The third kappa shape index (κ3) is 4.22. The number of nitrogens with zero attached hydrogens (tertiary/aromatic N) is 4. The number of thiophene rings is 1. The van der Waals surface area contributed by atoms with Gasteiger partial charge in [-0.05, 0) is 50.6 Å². The van der Waals surface area contributed by atoms with Crippen molar-refractivity contribution in [2.45, 2.75) is 32.5 Å². The fourth-order valence-corrected chi connectivity index (χ4v) is 4.59. The summed E-state index contributed by atoms with van der Waals surface area (Å²) < 4.78 is 1.96. The zero-order chi connectivity index (χ0) is 20.3. The van der Waals surface area contributed by atoms with Crippen molar-refractivity contribution in [3.8, 4) is 17.5 Å². The molecule has 0 saturated heterocycles. The van der Waals surface area contributed by atoms with Crippen LogP contribution in [-0.2, 0) is 11.3 Å². The van der Waals surface area contributed by atoms with Crippen molar-refractivity contribution in [1.29, 1.82) is 5.26 Å². The normalized spacial score (nSPS) is 10.7. The van der Waals surface area contributed by atoms with Gasteiger partial charge in [-0.25, -0.2) is 0 Å². The number of hydrogen-bond donors (Lipinski definition) is 1. The summed E-state index contributed by atoms with van der Waals surface area (Å²) in [6.45, 7) is 6.50. The van der Waals surface area contributed by atoms with Gasteiger partial charge in [-0.15, -0.1) is 21.5 Å². The molecule has 1 N–H and O–H groups in total. The Morgan fingerprint density at radius 3 is 2.68 bits per heavy atom. The molecule has 0 fully saturated rings. The van der Waals surface area contributed by atoms with Gasteiger partial charge in [0.05, 0.1) is 11.3 Å². The number of benzene rings is 1. The summed E-state index contributed by atoms with van der Waals surface area (Å²) in [5, 5.41) is 22.6. The molecule has 0 spiro atoms. The van der Waals surface area contributed by atoms with E-state index in [4.69, 9.17) is 11.6 Å². The summed E-state index contributed by atoms with van der Waals surface area (Å²) in [5.74, 6) is 0.736. The molecule has 0 aliphatic heterocycles. The van der Waals surface area contributed by atoms with E-state index < -0.39 is 0 Å². The first kappa shape index (κ1) is 20.4. The van der Waals surface area contributed by atoms with Crippen LogP contribution in [0.4, 0.5) is 5.00 Å². The van der Waals surface area contributed by atoms with Crippen molar-refractivity contribution in [1.82, 2.24) is 14.8 Å². The third-order valence-electron chi connectivity index (χ3n) is 4.22. The Bertz CT molecular complexity index is 1050. The molecule has 144 valence electrons. The first-order chi connectivity index (χ1) is 13.4. The Hall–Kier alpha value is -2.34. The van der Waals surface area contributed by atoms with E-state index in [-0.39, 0.29) is 11.7 Å². The number of anilines is 1. The lowest BCUT2D eigenvalue weighted by atomic mass is 10.2. The van der Waals surface area contributed by atoms with Crippen LogP contribution >= 0.6 is 34.7 Å². The van der Waals surface area contributed by atoms with Gasteiger partial charge >= 0.3 is 0 Å². The van der Waals surface area contributed by atoms with Crippen LogP contribution in [0.2, 0.25) is 5.02 Å². The minimum Gasteiger partial charge on any atom is -0.316 e. The van der Waals surface area contributed by atoms with E-state index in [0.717, 1.165) is 21.8 Å². The molecule has 9 heteroatoms. The third-order valence-corrected chi connectivity index (χ3v) is 6.56. The molecule has 1 amide bonds. The fourth-order valence-electron chi connectivity index (χ4n) is 2.64. The highest BCUT2D eigenvalue weighted by Gasteiger charge is 2.17. The first-order valence-electron chi connectivity index (χ1n) is 8.56. The summed E-state index contributed by atoms with van der Waals surface area (Å²) in [4.78, 5) is 13.4. The van der Waals surface area contributed by atoms with E-state index >= 15 is 0 Å². The monoisotopic (exact) mass is 431 g/mol. The Kier molecular flexibility index (Phi) is 6.39. The molecule has 0 unspecified atom stereocenters. The van der Waals surface area contributed by atoms with Gasteiger partial charge < -0.3 is 9.88 Å². The van der Waals surface area contributed by atoms with Crippen molar-refractivity contribution in [3.05, 3.63) is 45.3 Å². The number of aromatic nitrogens is 3. The number of rotatable bonds is 6. The average Bonchev–Trinajstić information content (AvgIpc) is 3.21. The van der Waals surface area contributed by atoms with Crippen LogP contribution < -0.4 is 5.32 Å². The summed E-state index contributed by atoms with van der Waals surface area (Å²) in [5.41, 5.74) is 2.36. The van der Waals surface area contributed by atoms with Gasteiger partial charge in [0, 0.05) is 22.0 Å². The number of hydrogen-bond acceptors (Lipinski definition) is 6. The van der Waals surface area contributed by atoms with Crippen LogP contribution in [0.15, 0.2) is 29.4 Å². The molecule has 0 saturated carbocycles. The van der Waals surface area contributed by atoms with E-state index in [1.807, 2.05) is 49.6 Å². The number of nitrogens with one attached hydrogen (secondary N) is 1. The standard InChI is InChI=1S/C19H18ClN5OS2/c1-4-25-17(13-5-7-14(20)8-6-13)23-24-19(25)27-10-16(26)22-18-15(9-21)11(2)12(3)28-18/h5-8H,4,10H2,1-3H3,(H,22,26). The number of aryl methyl sites for hydroxylation is 1. The molecule has 1 aromatic carbocycles. The second-order valence-electron chi connectivity index (χ2n) is 5.99. The zero-order valence-electron chi connectivity index (χ0n) is 15.6. The molecule has 3 aromatic rings. The van der Waals surface area contributed by atoms with Crippen molar-refractivity contribution in [2.75, 3.05) is 11.1 Å². The number of nitriles is 1. The van der Waals surface area contributed by atoms with E-state index in [1.54, 1.807) is 0 Å². The molecule has 2 heterocycles. The molecular formula is C19H18ClN5OS2. The molecule has 28 heavy (non-hydrogen) atoms. The molecule has 0 radical (unpaired) electrons. The van der Waals surface area contributed by atoms with Crippen LogP contribution in [0.1, 0.15) is 22.9 Å². The molecule has 0 aliphatic carbocycles. The van der Waals surface area contributed by atoms with E-state index in [2.05, 4.69) is 21.6 Å². The molecule has 3 rings (SSSR count). The number of thioether (sulfide) groups is 1. The Morgan fingerprint density at radius 2 is 2.04 bits per heavy atom. The molecule has 2 aromatic heterocycles. The second-order valence-corrected chi connectivity index (χ2v) is 8.60. The fraction of sp³-hybridized carbons (Fsp3) is 0.263. The first-order valence-corrected chi connectivity index (χ1v) is 10.7. The topological polar surface area (TPSA) is 83.6 Å². The number of halogens is 1. The number of carbonyl (C=O) groups is 1. The van der Waals surface area contributed by atoms with Crippen LogP contribution in [0, 0.1) is 25.2 Å². The number of carbonyl (C=O) groups excluding carboxylic acids is 1. The molecule has 0 atom stereocenters. The largest absolute Gasteiger partial charge is 0.316 e. The molecular weight excluding hydrogens is 414 g/mol. The zero-order valence-corrected chi connectivity index (χ0v) is 18.0. The van der Waals surface area contributed by atoms with Gasteiger partial charge in [-0.3, -0.25) is 4.79 Å². The SMILES string of the molecule is CCn1c(SCC(=O)Nc2sc(C)c(C)c2C#N)nnc1-c1ccc(Cl)cc1. The van der Waals surface area contributed by atoms with Gasteiger partial charge in [0.25, 0.3) is 0 Å². The molecule has 0 bridgehead atoms. The van der Waals surface area contributed by atoms with Crippen molar-refractivity contribution >= 4 is 45.6 Å². The van der Waals surface area contributed by atoms with Crippen LogP contribution in [0.25, 0.3) is 11.4 Å². The maximum atomic E-state index is 12.4. The maximum absolute atomic E-state index is 12.4. The van der Waals surface area contributed by atoms with E-state index in [9.17, 15) is 10.1 Å². The smallest absolute Gasteiger partial charge is 0.235 e. The maximum Gasteiger partial charge on any atom is 0.235 e. The Labute approximate surface area is 176 Å².